The minimum absolute atomic E-state index is 0.108. The molecule has 1 aliphatic carbocycles. The molecule has 0 aliphatic heterocycles. The molecule has 1 N–H and O–H groups in total. The van der Waals surface area contributed by atoms with Gasteiger partial charge in [0.1, 0.15) is 0 Å². The van der Waals surface area contributed by atoms with Crippen molar-refractivity contribution in [3.8, 4) is 0 Å². The number of hydrogen-bond donors (Lipinski definition) is 1. The Balaban J connectivity index is 1.43. The lowest BCUT2D eigenvalue weighted by molar-refractivity contribution is 0.102. The van der Waals surface area contributed by atoms with Gasteiger partial charge in [-0.15, -0.1) is 11.3 Å². The molecule has 116 valence electrons. The highest BCUT2D eigenvalue weighted by molar-refractivity contribution is 7.15. The van der Waals surface area contributed by atoms with Crippen LogP contribution in [0.1, 0.15) is 32.9 Å². The predicted octanol–water partition coefficient (Wildman–Crippen LogP) is 3.13. The van der Waals surface area contributed by atoms with Gasteiger partial charge in [-0.3, -0.25) is 14.8 Å². The summed E-state index contributed by atoms with van der Waals surface area (Å²) in [5, 5.41) is 7.79. The summed E-state index contributed by atoms with van der Waals surface area (Å²) >= 11 is 1.60. The second kappa shape index (κ2) is 5.96. The van der Waals surface area contributed by atoms with Crippen molar-refractivity contribution >= 4 is 22.4 Å². The Morgan fingerprint density at radius 1 is 1.26 bits per heavy atom. The lowest BCUT2D eigenvalue weighted by Crippen LogP contribution is -2.12. The third-order valence-corrected chi connectivity index (χ3v) is 5.01. The van der Waals surface area contributed by atoms with Gasteiger partial charge in [-0.05, 0) is 43.0 Å². The number of rotatable bonds is 4. The van der Waals surface area contributed by atoms with Crippen molar-refractivity contribution in [2.75, 3.05) is 5.32 Å². The lowest BCUT2D eigenvalue weighted by atomic mass is 10.1. The van der Waals surface area contributed by atoms with Gasteiger partial charge in [0, 0.05) is 22.8 Å². The molecule has 0 radical (unpaired) electrons. The minimum atomic E-state index is -0.108. The molecule has 23 heavy (non-hydrogen) atoms. The van der Waals surface area contributed by atoms with Crippen molar-refractivity contribution in [1.82, 2.24) is 14.8 Å². The largest absolute Gasteiger partial charge is 0.298 e. The van der Waals surface area contributed by atoms with E-state index >= 15 is 0 Å². The summed E-state index contributed by atoms with van der Waals surface area (Å²) in [7, 11) is 0. The lowest BCUT2D eigenvalue weighted by Gasteiger charge is -2.05. The third kappa shape index (κ3) is 3.03. The topological polar surface area (TPSA) is 59.8 Å². The molecule has 4 rings (SSSR count). The number of nitrogens with zero attached hydrogens (tertiary/aromatic N) is 3. The molecule has 2 heterocycles. The first-order valence-corrected chi connectivity index (χ1v) is 8.46. The molecule has 0 saturated carbocycles. The Hall–Kier alpha value is -2.47. The zero-order valence-electron chi connectivity index (χ0n) is 12.5. The number of anilines is 1. The Morgan fingerprint density at radius 3 is 2.87 bits per heavy atom. The van der Waals surface area contributed by atoms with Crippen LogP contribution in [0.25, 0.3) is 0 Å². The summed E-state index contributed by atoms with van der Waals surface area (Å²) in [6.07, 6.45) is 6.98. The minimum Gasteiger partial charge on any atom is -0.298 e. The number of hydrogen-bond acceptors (Lipinski definition) is 4. The van der Waals surface area contributed by atoms with Crippen LogP contribution in [0.4, 0.5) is 5.13 Å². The summed E-state index contributed by atoms with van der Waals surface area (Å²) in [5.41, 5.74) is 2.91. The number of carbonyl (C=O) groups is 1. The molecule has 1 aromatic carbocycles. The molecule has 2 aromatic heterocycles. The van der Waals surface area contributed by atoms with E-state index in [0.29, 0.717) is 17.2 Å². The Labute approximate surface area is 138 Å². The zero-order valence-corrected chi connectivity index (χ0v) is 13.3. The van der Waals surface area contributed by atoms with Gasteiger partial charge in [0.15, 0.2) is 5.13 Å². The summed E-state index contributed by atoms with van der Waals surface area (Å²) in [5.74, 6) is -0.108. The van der Waals surface area contributed by atoms with Crippen molar-refractivity contribution in [2.45, 2.75) is 25.8 Å². The van der Waals surface area contributed by atoms with E-state index in [9.17, 15) is 4.79 Å². The van der Waals surface area contributed by atoms with Gasteiger partial charge in [0.2, 0.25) is 0 Å². The maximum Gasteiger partial charge on any atom is 0.257 e. The Kier molecular flexibility index (Phi) is 3.67. The van der Waals surface area contributed by atoms with Crippen LogP contribution in [-0.4, -0.2) is 20.7 Å². The summed E-state index contributed by atoms with van der Waals surface area (Å²) in [6.45, 7) is 0.702. The normalized spacial score (nSPS) is 13.0. The van der Waals surface area contributed by atoms with E-state index < -0.39 is 0 Å². The van der Waals surface area contributed by atoms with E-state index in [1.165, 1.54) is 11.3 Å². The molecule has 0 saturated heterocycles. The van der Waals surface area contributed by atoms with Crippen LogP contribution in [-0.2, 0) is 19.4 Å². The van der Waals surface area contributed by atoms with Crippen molar-refractivity contribution in [3.05, 3.63) is 64.4 Å². The van der Waals surface area contributed by atoms with Crippen LogP contribution in [0.3, 0.4) is 0 Å². The number of amides is 1. The van der Waals surface area contributed by atoms with E-state index in [1.807, 2.05) is 41.2 Å². The molecule has 0 bridgehead atoms. The number of thiazole rings is 1. The molecule has 5 nitrogen and oxygen atoms in total. The number of carbonyl (C=O) groups excluding carboxylic acids is 1. The fourth-order valence-electron chi connectivity index (χ4n) is 2.76. The maximum absolute atomic E-state index is 12.3. The van der Waals surface area contributed by atoms with E-state index in [-0.39, 0.29) is 5.91 Å². The second-order valence-electron chi connectivity index (χ2n) is 5.60. The van der Waals surface area contributed by atoms with E-state index in [0.717, 1.165) is 24.1 Å². The monoisotopic (exact) mass is 324 g/mol. The molecule has 1 amide bonds. The second-order valence-corrected chi connectivity index (χ2v) is 6.68. The number of nitrogens with one attached hydrogen (secondary N) is 1. The number of aromatic nitrogens is 3. The van der Waals surface area contributed by atoms with Crippen molar-refractivity contribution in [2.24, 2.45) is 0 Å². The predicted molar refractivity (Wildman–Crippen MR) is 89.9 cm³/mol. The molecule has 0 spiro atoms. The molecule has 3 aromatic rings. The molecule has 0 fully saturated rings. The fraction of sp³-hybridized carbons (Fsp3) is 0.235. The maximum atomic E-state index is 12.3. The standard InChI is InChI=1S/C17H16N4OS/c22-16(20-17-19-14-3-1-4-15(14)23-17)13-7-5-12(6-8-13)11-21-10-2-9-18-21/h2,5-10H,1,3-4,11H2,(H,19,20,22). The van der Waals surface area contributed by atoms with Crippen molar-refractivity contribution < 1.29 is 4.79 Å². The zero-order chi connectivity index (χ0) is 15.6. The van der Waals surface area contributed by atoms with Crippen LogP contribution in [0.5, 0.6) is 0 Å². The molecule has 6 heteroatoms. The first kappa shape index (κ1) is 14.1. The Morgan fingerprint density at radius 2 is 2.13 bits per heavy atom. The summed E-state index contributed by atoms with van der Waals surface area (Å²) in [4.78, 5) is 18.1. The van der Waals surface area contributed by atoms with Gasteiger partial charge >= 0.3 is 0 Å². The molecule has 1 aliphatic rings. The van der Waals surface area contributed by atoms with Gasteiger partial charge in [0.25, 0.3) is 5.91 Å². The van der Waals surface area contributed by atoms with Gasteiger partial charge < -0.3 is 0 Å². The quantitative estimate of drug-likeness (QED) is 0.802. The molecule has 0 unspecified atom stereocenters. The van der Waals surface area contributed by atoms with Crippen molar-refractivity contribution in [1.29, 1.82) is 0 Å². The number of fused-ring (bicyclic) bond motifs is 1. The highest BCUT2D eigenvalue weighted by Gasteiger charge is 2.18. The SMILES string of the molecule is O=C(Nc1nc2c(s1)CCC2)c1ccc(Cn2cccn2)cc1. The van der Waals surface area contributed by atoms with E-state index in [4.69, 9.17) is 0 Å². The van der Waals surface area contributed by atoms with Crippen LogP contribution in [0.2, 0.25) is 0 Å². The fourth-order valence-corrected chi connectivity index (χ4v) is 3.80. The third-order valence-electron chi connectivity index (χ3n) is 3.94. The van der Waals surface area contributed by atoms with Crippen LogP contribution in [0.15, 0.2) is 42.7 Å². The van der Waals surface area contributed by atoms with E-state index in [2.05, 4.69) is 15.4 Å². The number of aryl methyl sites for hydroxylation is 2. The first-order valence-electron chi connectivity index (χ1n) is 7.64. The smallest absolute Gasteiger partial charge is 0.257 e. The molecule has 0 atom stereocenters. The van der Waals surface area contributed by atoms with E-state index in [1.54, 1.807) is 17.5 Å². The van der Waals surface area contributed by atoms with Crippen LogP contribution >= 0.6 is 11.3 Å². The number of benzene rings is 1. The summed E-state index contributed by atoms with van der Waals surface area (Å²) < 4.78 is 1.85. The first-order chi connectivity index (χ1) is 11.3. The average molecular weight is 324 g/mol. The van der Waals surface area contributed by atoms with Crippen LogP contribution in [0, 0.1) is 0 Å². The highest BCUT2D eigenvalue weighted by Crippen LogP contribution is 2.30. The highest BCUT2D eigenvalue weighted by atomic mass is 32.1. The van der Waals surface area contributed by atoms with Crippen molar-refractivity contribution in [3.63, 3.8) is 0 Å². The van der Waals surface area contributed by atoms with Gasteiger partial charge in [-0.1, -0.05) is 12.1 Å². The molecular weight excluding hydrogens is 308 g/mol. The summed E-state index contributed by atoms with van der Waals surface area (Å²) in [6, 6.07) is 9.50. The van der Waals surface area contributed by atoms with Gasteiger partial charge in [0.05, 0.1) is 12.2 Å². The molecular formula is C17H16N4OS. The van der Waals surface area contributed by atoms with Crippen LogP contribution < -0.4 is 5.32 Å². The van der Waals surface area contributed by atoms with Gasteiger partial charge in [-0.25, -0.2) is 4.98 Å². The Bertz CT molecular complexity index is 799. The average Bonchev–Trinajstić information content (AvgIpc) is 3.25. The van der Waals surface area contributed by atoms with Gasteiger partial charge in [-0.2, -0.15) is 5.10 Å².